The molecule has 0 saturated carbocycles. The summed E-state index contributed by atoms with van der Waals surface area (Å²) < 4.78 is 16.1. The van der Waals surface area contributed by atoms with Crippen molar-refractivity contribution in [3.05, 3.63) is 127 Å². The number of nitrogens with zero attached hydrogens (tertiary/aromatic N) is 4. The first-order valence-corrected chi connectivity index (χ1v) is 11.2. The van der Waals surface area contributed by atoms with Crippen molar-refractivity contribution in [2.45, 2.75) is 20.0 Å². The van der Waals surface area contributed by atoms with Gasteiger partial charge in [-0.3, -0.25) is 14.2 Å². The van der Waals surface area contributed by atoms with E-state index in [0.717, 1.165) is 20.4 Å². The smallest absolute Gasteiger partial charge is 0.336 e. The van der Waals surface area contributed by atoms with Crippen molar-refractivity contribution in [1.82, 2.24) is 19.2 Å². The topological polar surface area (TPSA) is 77.2 Å². The maximum Gasteiger partial charge on any atom is 0.352 e. The van der Waals surface area contributed by atoms with Gasteiger partial charge in [-0.1, -0.05) is 66.2 Å². The van der Waals surface area contributed by atoms with E-state index in [-0.39, 0.29) is 24.3 Å². The van der Waals surface area contributed by atoms with Crippen LogP contribution in [0.25, 0.3) is 5.69 Å². The van der Waals surface area contributed by atoms with Gasteiger partial charge in [-0.15, -0.1) is 0 Å². The van der Waals surface area contributed by atoms with E-state index >= 15 is 0 Å². The zero-order valence-electron chi connectivity index (χ0n) is 19.1. The van der Waals surface area contributed by atoms with Crippen LogP contribution in [0, 0.1) is 12.7 Å². The minimum Gasteiger partial charge on any atom is -0.336 e. The van der Waals surface area contributed by atoms with E-state index in [1.165, 1.54) is 36.2 Å². The summed E-state index contributed by atoms with van der Waals surface area (Å²) >= 11 is 6.24. The molecule has 7 nitrogen and oxygen atoms in total. The van der Waals surface area contributed by atoms with E-state index in [0.29, 0.717) is 5.02 Å². The van der Waals surface area contributed by atoms with E-state index in [2.05, 4.69) is 5.10 Å². The minimum absolute atomic E-state index is 0.127. The third-order valence-corrected chi connectivity index (χ3v) is 5.97. The van der Waals surface area contributed by atoms with Crippen molar-refractivity contribution in [1.29, 1.82) is 0 Å². The lowest BCUT2D eigenvalue weighted by atomic mass is 10.2. The monoisotopic (exact) mass is 492 g/mol. The molecular formula is C26H22ClFN4O3. The number of halogens is 2. The molecule has 0 bridgehead atoms. The van der Waals surface area contributed by atoms with Crippen molar-refractivity contribution >= 4 is 17.5 Å². The molecule has 0 aliphatic carbocycles. The van der Waals surface area contributed by atoms with Gasteiger partial charge in [-0.25, -0.2) is 9.18 Å². The maximum atomic E-state index is 14.4. The van der Waals surface area contributed by atoms with E-state index in [1.54, 1.807) is 25.1 Å². The summed E-state index contributed by atoms with van der Waals surface area (Å²) in [6.07, 6.45) is 0. The Morgan fingerprint density at radius 2 is 1.71 bits per heavy atom. The molecule has 3 aromatic carbocycles. The highest BCUT2D eigenvalue weighted by molar-refractivity contribution is 6.31. The van der Waals surface area contributed by atoms with Crippen LogP contribution in [0.5, 0.6) is 0 Å². The third-order valence-electron chi connectivity index (χ3n) is 5.56. The standard InChI is InChI=1S/C26H22ClFN4O3/c1-17-12-13-20(14-21(17)27)32-26(35)31(16-19-10-6-7-11-22(19)28)25(34)23(29-32)24(33)30(2)15-18-8-4-3-5-9-18/h3-14H,15-16H2,1-2H3. The summed E-state index contributed by atoms with van der Waals surface area (Å²) in [6.45, 7) is 1.66. The van der Waals surface area contributed by atoms with Crippen LogP contribution >= 0.6 is 11.6 Å². The molecule has 1 amide bonds. The first-order chi connectivity index (χ1) is 16.8. The van der Waals surface area contributed by atoms with E-state index < -0.39 is 28.7 Å². The Morgan fingerprint density at radius 1 is 1.03 bits per heavy atom. The molecule has 0 spiro atoms. The molecule has 0 fully saturated rings. The number of carbonyl (C=O) groups is 1. The molecule has 0 atom stereocenters. The fraction of sp³-hybridized carbons (Fsp3) is 0.154. The Kier molecular flexibility index (Phi) is 6.93. The summed E-state index contributed by atoms with van der Waals surface area (Å²) in [5, 5.41) is 4.51. The van der Waals surface area contributed by atoms with Gasteiger partial charge in [0.2, 0.25) is 5.69 Å². The van der Waals surface area contributed by atoms with Crippen molar-refractivity contribution in [3.63, 3.8) is 0 Å². The van der Waals surface area contributed by atoms with Crippen molar-refractivity contribution in [2.24, 2.45) is 0 Å². The van der Waals surface area contributed by atoms with Crippen LogP contribution in [0.4, 0.5) is 4.39 Å². The molecule has 0 N–H and O–H groups in total. The molecule has 4 aromatic rings. The normalized spacial score (nSPS) is 10.9. The number of hydrogen-bond donors (Lipinski definition) is 0. The molecule has 4 rings (SSSR count). The number of aryl methyl sites for hydroxylation is 1. The van der Waals surface area contributed by atoms with Crippen molar-refractivity contribution < 1.29 is 9.18 Å². The average molecular weight is 493 g/mol. The third kappa shape index (κ3) is 5.07. The van der Waals surface area contributed by atoms with E-state index in [4.69, 9.17) is 11.6 Å². The molecule has 35 heavy (non-hydrogen) atoms. The quantitative estimate of drug-likeness (QED) is 0.410. The number of benzene rings is 3. The summed E-state index contributed by atoms with van der Waals surface area (Å²) in [6, 6.07) is 19.9. The van der Waals surface area contributed by atoms with E-state index in [9.17, 15) is 18.8 Å². The lowest BCUT2D eigenvalue weighted by molar-refractivity contribution is 0.0773. The van der Waals surface area contributed by atoms with Crippen LogP contribution in [0.3, 0.4) is 0 Å². The fourth-order valence-corrected chi connectivity index (χ4v) is 3.75. The highest BCUT2D eigenvalue weighted by Gasteiger charge is 2.24. The first kappa shape index (κ1) is 24.1. The Labute approximate surface area is 205 Å². The van der Waals surface area contributed by atoms with E-state index in [1.807, 2.05) is 30.3 Å². The molecule has 0 radical (unpaired) electrons. The Bertz CT molecular complexity index is 1520. The van der Waals surface area contributed by atoms with Gasteiger partial charge >= 0.3 is 5.69 Å². The largest absolute Gasteiger partial charge is 0.352 e. The number of amides is 1. The number of hydrogen-bond acceptors (Lipinski definition) is 4. The van der Waals surface area contributed by atoms with Crippen LogP contribution in [0.2, 0.25) is 5.02 Å². The molecule has 1 heterocycles. The lowest BCUT2D eigenvalue weighted by Crippen LogP contribution is -2.46. The molecule has 0 aliphatic heterocycles. The zero-order valence-corrected chi connectivity index (χ0v) is 19.9. The highest BCUT2D eigenvalue weighted by Crippen LogP contribution is 2.18. The van der Waals surface area contributed by atoms with Crippen LogP contribution in [-0.2, 0) is 13.1 Å². The van der Waals surface area contributed by atoms with Crippen molar-refractivity contribution in [2.75, 3.05) is 7.05 Å². The first-order valence-electron chi connectivity index (χ1n) is 10.8. The number of rotatable bonds is 6. The van der Waals surface area contributed by atoms with Gasteiger partial charge in [-0.2, -0.15) is 9.78 Å². The predicted octanol–water partition coefficient (Wildman–Crippen LogP) is 3.82. The predicted molar refractivity (Wildman–Crippen MR) is 132 cm³/mol. The Balaban J connectivity index is 1.86. The second-order valence-corrected chi connectivity index (χ2v) is 8.51. The van der Waals surface area contributed by atoms with Gasteiger partial charge < -0.3 is 4.90 Å². The number of aromatic nitrogens is 3. The van der Waals surface area contributed by atoms with Crippen LogP contribution in [0.1, 0.15) is 27.2 Å². The van der Waals surface area contributed by atoms with Gasteiger partial charge in [0.05, 0.1) is 12.2 Å². The highest BCUT2D eigenvalue weighted by atomic mass is 35.5. The van der Waals surface area contributed by atoms with Gasteiger partial charge in [0.15, 0.2) is 0 Å². The van der Waals surface area contributed by atoms with Crippen LogP contribution in [0.15, 0.2) is 82.4 Å². The maximum absolute atomic E-state index is 14.4. The number of carbonyl (C=O) groups excluding carboxylic acids is 1. The average Bonchev–Trinajstić information content (AvgIpc) is 2.85. The molecule has 9 heteroatoms. The molecule has 0 saturated heterocycles. The molecule has 0 aliphatic rings. The minimum atomic E-state index is -0.905. The van der Waals surface area contributed by atoms with Gasteiger partial charge in [0, 0.05) is 24.2 Å². The summed E-state index contributed by atoms with van der Waals surface area (Å²) in [5.41, 5.74) is -0.153. The molecular weight excluding hydrogens is 471 g/mol. The molecule has 178 valence electrons. The second kappa shape index (κ2) is 10.1. The zero-order chi connectivity index (χ0) is 25.1. The summed E-state index contributed by atoms with van der Waals surface area (Å²) in [7, 11) is 1.54. The Hall–Kier alpha value is -4.04. The van der Waals surface area contributed by atoms with Crippen molar-refractivity contribution in [3.8, 4) is 5.69 Å². The van der Waals surface area contributed by atoms with Crippen LogP contribution in [-0.4, -0.2) is 32.2 Å². The van der Waals surface area contributed by atoms with Gasteiger partial charge in [0.1, 0.15) is 5.82 Å². The van der Waals surface area contributed by atoms with Gasteiger partial charge in [0.25, 0.3) is 11.5 Å². The molecule has 1 aromatic heterocycles. The Morgan fingerprint density at radius 3 is 2.40 bits per heavy atom. The fourth-order valence-electron chi connectivity index (χ4n) is 3.58. The molecule has 0 unspecified atom stereocenters. The van der Waals surface area contributed by atoms with Gasteiger partial charge in [-0.05, 0) is 36.2 Å². The second-order valence-electron chi connectivity index (χ2n) is 8.11. The SMILES string of the molecule is Cc1ccc(-n2nc(C(=O)N(C)Cc3ccccc3)c(=O)n(Cc3ccccc3F)c2=O)cc1Cl. The summed E-state index contributed by atoms with van der Waals surface area (Å²) in [5.74, 6) is -1.25. The van der Waals surface area contributed by atoms with Crippen LogP contribution < -0.4 is 11.2 Å². The lowest BCUT2D eigenvalue weighted by Gasteiger charge is -2.18. The summed E-state index contributed by atoms with van der Waals surface area (Å²) in [4.78, 5) is 41.2.